The number of carbonyl (C=O) groups is 2. The van der Waals surface area contributed by atoms with E-state index in [-0.39, 0.29) is 11.9 Å². The van der Waals surface area contributed by atoms with Gasteiger partial charge >= 0.3 is 6.03 Å². The molecule has 0 aliphatic carbocycles. The molecule has 4 heteroatoms. The summed E-state index contributed by atoms with van der Waals surface area (Å²) in [5.41, 5.74) is 0.662. The molecule has 1 saturated heterocycles. The minimum atomic E-state index is -0.392. The molecular weight excluding hydrogens is 264 g/mol. The van der Waals surface area contributed by atoms with E-state index in [9.17, 15) is 9.59 Å². The van der Waals surface area contributed by atoms with Gasteiger partial charge < -0.3 is 5.32 Å². The summed E-state index contributed by atoms with van der Waals surface area (Å²) in [4.78, 5) is 26.0. The van der Waals surface area contributed by atoms with E-state index in [1.165, 1.54) is 4.90 Å². The summed E-state index contributed by atoms with van der Waals surface area (Å²) >= 11 is 0. The van der Waals surface area contributed by atoms with Gasteiger partial charge in [-0.15, -0.1) is 0 Å². The summed E-state index contributed by atoms with van der Waals surface area (Å²) in [6.07, 6.45) is 2.64. The van der Waals surface area contributed by atoms with Crippen LogP contribution < -0.4 is 10.2 Å². The number of nitrogens with zero attached hydrogens (tertiary/aromatic N) is 1. The maximum Gasteiger partial charge on any atom is 0.329 e. The molecule has 3 rings (SSSR count). The number of imide groups is 1. The van der Waals surface area contributed by atoms with Gasteiger partial charge in [0.15, 0.2) is 0 Å². The minimum absolute atomic E-state index is 0.148. The number of benzene rings is 2. The first-order valence-corrected chi connectivity index (χ1v) is 7.34. The van der Waals surface area contributed by atoms with Crippen molar-refractivity contribution < 1.29 is 9.59 Å². The van der Waals surface area contributed by atoms with E-state index in [1.807, 2.05) is 42.5 Å². The molecule has 2 aromatic rings. The van der Waals surface area contributed by atoms with Crippen LogP contribution in [0.5, 0.6) is 0 Å². The molecule has 0 radical (unpaired) electrons. The third kappa shape index (κ3) is 2.37. The number of urea groups is 1. The number of fused-ring (bicyclic) bond motifs is 1. The van der Waals surface area contributed by atoms with Crippen molar-refractivity contribution in [1.82, 2.24) is 5.32 Å². The number of amides is 3. The number of carbonyl (C=O) groups excluding carboxylic acids is 2. The molecule has 0 bridgehead atoms. The predicted molar refractivity (Wildman–Crippen MR) is 83.3 cm³/mol. The van der Waals surface area contributed by atoms with E-state index in [0.717, 1.165) is 23.6 Å². The van der Waals surface area contributed by atoms with Crippen molar-refractivity contribution in [3.8, 4) is 0 Å². The van der Waals surface area contributed by atoms with Gasteiger partial charge in [-0.2, -0.15) is 0 Å². The van der Waals surface area contributed by atoms with Crippen LogP contribution >= 0.6 is 0 Å². The molecule has 1 aliphatic rings. The molecule has 1 unspecified atom stereocenters. The zero-order valence-electron chi connectivity index (χ0n) is 12.0. The molecule has 3 amide bonds. The molecule has 1 atom stereocenters. The first kappa shape index (κ1) is 13.6. The molecule has 0 spiro atoms. The Kier molecular flexibility index (Phi) is 3.60. The summed E-state index contributed by atoms with van der Waals surface area (Å²) in [7, 11) is 0. The Balaban J connectivity index is 1.99. The summed E-state index contributed by atoms with van der Waals surface area (Å²) in [6.45, 7) is 2.07. The van der Waals surface area contributed by atoms with Crippen LogP contribution in [0, 0.1) is 0 Å². The number of anilines is 1. The van der Waals surface area contributed by atoms with Crippen LogP contribution in [0.25, 0.3) is 10.8 Å². The Hall–Kier alpha value is -2.36. The van der Waals surface area contributed by atoms with Crippen LogP contribution in [0.1, 0.15) is 26.2 Å². The lowest BCUT2D eigenvalue weighted by Crippen LogP contribution is -2.31. The molecule has 1 N–H and O–H groups in total. The molecule has 1 fully saturated rings. The Bertz CT molecular complexity index is 691. The molecule has 21 heavy (non-hydrogen) atoms. The number of unbranched alkanes of at least 4 members (excludes halogenated alkanes) is 1. The highest BCUT2D eigenvalue weighted by Crippen LogP contribution is 2.29. The van der Waals surface area contributed by atoms with Gasteiger partial charge in [-0.25, -0.2) is 9.69 Å². The average Bonchev–Trinajstić information content (AvgIpc) is 2.79. The maximum absolute atomic E-state index is 12.5. The van der Waals surface area contributed by atoms with Gasteiger partial charge in [0, 0.05) is 5.39 Å². The molecule has 108 valence electrons. The van der Waals surface area contributed by atoms with Gasteiger partial charge in [0.2, 0.25) is 0 Å². The number of nitrogens with one attached hydrogen (secondary N) is 1. The fourth-order valence-corrected chi connectivity index (χ4v) is 2.77. The number of hydrogen-bond donors (Lipinski definition) is 1. The van der Waals surface area contributed by atoms with E-state index in [1.54, 1.807) is 0 Å². The van der Waals surface area contributed by atoms with Crippen molar-refractivity contribution >= 4 is 28.4 Å². The van der Waals surface area contributed by atoms with E-state index >= 15 is 0 Å². The van der Waals surface area contributed by atoms with Crippen LogP contribution in [-0.2, 0) is 4.79 Å². The van der Waals surface area contributed by atoms with Gasteiger partial charge in [0.1, 0.15) is 6.04 Å². The lowest BCUT2D eigenvalue weighted by atomic mass is 10.1. The second-order valence-corrected chi connectivity index (χ2v) is 5.32. The topological polar surface area (TPSA) is 49.4 Å². The predicted octanol–water partition coefficient (Wildman–Crippen LogP) is 3.45. The fraction of sp³-hybridized carbons (Fsp3) is 0.294. The van der Waals surface area contributed by atoms with Crippen LogP contribution in [-0.4, -0.2) is 18.0 Å². The molecule has 0 saturated carbocycles. The van der Waals surface area contributed by atoms with Crippen LogP contribution in [0.3, 0.4) is 0 Å². The van der Waals surface area contributed by atoms with Crippen LogP contribution in [0.4, 0.5) is 10.5 Å². The third-order valence-electron chi connectivity index (χ3n) is 3.87. The summed E-state index contributed by atoms with van der Waals surface area (Å²) in [6, 6.07) is 12.7. The quantitative estimate of drug-likeness (QED) is 0.873. The van der Waals surface area contributed by atoms with Gasteiger partial charge in [-0.1, -0.05) is 56.2 Å². The first-order chi connectivity index (χ1) is 10.2. The fourth-order valence-electron chi connectivity index (χ4n) is 2.77. The Morgan fingerprint density at radius 1 is 1.10 bits per heavy atom. The highest BCUT2D eigenvalue weighted by atomic mass is 16.2. The van der Waals surface area contributed by atoms with E-state index < -0.39 is 6.04 Å². The van der Waals surface area contributed by atoms with Crippen molar-refractivity contribution in [3.63, 3.8) is 0 Å². The molecule has 4 nitrogen and oxygen atoms in total. The Morgan fingerprint density at radius 2 is 1.86 bits per heavy atom. The number of hydrogen-bond acceptors (Lipinski definition) is 2. The monoisotopic (exact) mass is 282 g/mol. The standard InChI is InChI=1S/C17H18N2O2/c1-2-3-10-14-16(20)19(17(21)18-14)15-11-6-8-12-7-4-5-9-13(12)15/h4-9,11,14H,2-3,10H2,1H3,(H,18,21). The van der Waals surface area contributed by atoms with E-state index in [4.69, 9.17) is 0 Å². The largest absolute Gasteiger partial charge is 0.329 e. The second-order valence-electron chi connectivity index (χ2n) is 5.32. The summed E-state index contributed by atoms with van der Waals surface area (Å²) in [5, 5.41) is 4.73. The maximum atomic E-state index is 12.5. The third-order valence-corrected chi connectivity index (χ3v) is 3.87. The minimum Gasteiger partial charge on any atom is -0.325 e. The highest BCUT2D eigenvalue weighted by Gasteiger charge is 2.38. The lowest BCUT2D eigenvalue weighted by molar-refractivity contribution is -0.118. The molecule has 2 aromatic carbocycles. The molecular formula is C17H18N2O2. The van der Waals surface area contributed by atoms with Crippen molar-refractivity contribution in [2.75, 3.05) is 4.90 Å². The lowest BCUT2D eigenvalue weighted by Gasteiger charge is -2.15. The van der Waals surface area contributed by atoms with Gasteiger partial charge in [0.25, 0.3) is 5.91 Å². The van der Waals surface area contributed by atoms with Gasteiger partial charge in [0.05, 0.1) is 5.69 Å². The van der Waals surface area contributed by atoms with Crippen molar-refractivity contribution in [2.45, 2.75) is 32.2 Å². The highest BCUT2D eigenvalue weighted by molar-refractivity contribution is 6.24. The van der Waals surface area contributed by atoms with Crippen LogP contribution in [0.2, 0.25) is 0 Å². The van der Waals surface area contributed by atoms with Crippen molar-refractivity contribution in [1.29, 1.82) is 0 Å². The SMILES string of the molecule is CCCCC1NC(=O)N(c2cccc3ccccc23)C1=O. The Labute approximate surface area is 123 Å². The van der Waals surface area contributed by atoms with Gasteiger partial charge in [-0.3, -0.25) is 4.79 Å². The van der Waals surface area contributed by atoms with Crippen LogP contribution in [0.15, 0.2) is 42.5 Å². The zero-order chi connectivity index (χ0) is 14.8. The zero-order valence-corrected chi connectivity index (χ0v) is 12.0. The molecule has 1 heterocycles. The second kappa shape index (κ2) is 5.56. The van der Waals surface area contributed by atoms with E-state index in [2.05, 4.69) is 12.2 Å². The normalized spacial score (nSPS) is 18.3. The Morgan fingerprint density at radius 3 is 2.67 bits per heavy atom. The van der Waals surface area contributed by atoms with Gasteiger partial charge in [-0.05, 0) is 17.9 Å². The summed E-state index contributed by atoms with van der Waals surface area (Å²) in [5.74, 6) is -0.148. The number of rotatable bonds is 4. The van der Waals surface area contributed by atoms with Crippen molar-refractivity contribution in [2.24, 2.45) is 0 Å². The smallest absolute Gasteiger partial charge is 0.325 e. The van der Waals surface area contributed by atoms with E-state index in [0.29, 0.717) is 12.1 Å². The molecule has 0 aromatic heterocycles. The first-order valence-electron chi connectivity index (χ1n) is 7.34. The molecule has 1 aliphatic heterocycles. The summed E-state index contributed by atoms with van der Waals surface area (Å²) < 4.78 is 0. The van der Waals surface area contributed by atoms with Crippen molar-refractivity contribution in [3.05, 3.63) is 42.5 Å². The average molecular weight is 282 g/mol.